The molecule has 4 rings (SSSR count). The number of nitrogens with one attached hydrogen (secondary N) is 1. The minimum Gasteiger partial charge on any atom is -0.497 e. The fourth-order valence-electron chi connectivity index (χ4n) is 3.87. The summed E-state index contributed by atoms with van der Waals surface area (Å²) in [5.74, 6) is 3.25. The van der Waals surface area contributed by atoms with Gasteiger partial charge >= 0.3 is 0 Å². The van der Waals surface area contributed by atoms with Gasteiger partial charge in [-0.25, -0.2) is 4.68 Å². The molecule has 0 saturated carbocycles. The molecule has 1 aromatic heterocycles. The number of anilines is 1. The van der Waals surface area contributed by atoms with Crippen LogP contribution in [0.3, 0.4) is 0 Å². The number of hydrogen-bond acceptors (Lipinski definition) is 7. The van der Waals surface area contributed by atoms with Crippen molar-refractivity contribution in [3.8, 4) is 28.7 Å². The van der Waals surface area contributed by atoms with E-state index in [1.807, 2.05) is 43.3 Å². The number of carbonyl (C=O) groups is 1. The van der Waals surface area contributed by atoms with E-state index in [0.29, 0.717) is 28.8 Å². The smallest absolute Gasteiger partial charge is 0.235 e. The predicted molar refractivity (Wildman–Crippen MR) is 124 cm³/mol. The molecule has 1 N–H and O–H groups in total. The standard InChI is InChI=1S/C23H25N3O5S/c1-13-19-22(16-10-11-17(29-3)21(31-5)20(16)30-4)32-12-18(27)24-23(19)26(25-13)14-6-8-15(28-2)9-7-14/h6-11,22H,12H2,1-5H3,(H,24,27)/t22-/m0/s1. The third-order valence-corrected chi connectivity index (χ3v) is 6.59. The lowest BCUT2D eigenvalue weighted by Gasteiger charge is -2.21. The highest BCUT2D eigenvalue weighted by atomic mass is 32.2. The number of methoxy groups -OCH3 is 4. The van der Waals surface area contributed by atoms with Gasteiger partial charge in [-0.05, 0) is 43.3 Å². The van der Waals surface area contributed by atoms with Crippen LogP contribution < -0.4 is 24.3 Å². The van der Waals surface area contributed by atoms with E-state index >= 15 is 0 Å². The minimum atomic E-state index is -0.203. The number of aryl methyl sites for hydroxylation is 1. The Kier molecular flexibility index (Phi) is 6.18. The molecule has 8 nitrogen and oxygen atoms in total. The highest BCUT2D eigenvalue weighted by Gasteiger charge is 2.33. The molecule has 1 aliphatic heterocycles. The van der Waals surface area contributed by atoms with Gasteiger partial charge < -0.3 is 24.3 Å². The minimum absolute atomic E-state index is 0.0899. The molecule has 168 valence electrons. The zero-order chi connectivity index (χ0) is 22.8. The van der Waals surface area contributed by atoms with E-state index in [4.69, 9.17) is 24.0 Å². The van der Waals surface area contributed by atoms with E-state index in [2.05, 4.69) is 5.32 Å². The maximum absolute atomic E-state index is 12.6. The van der Waals surface area contributed by atoms with Crippen molar-refractivity contribution in [3.63, 3.8) is 0 Å². The lowest BCUT2D eigenvalue weighted by atomic mass is 10.0. The first kappa shape index (κ1) is 21.9. The van der Waals surface area contributed by atoms with Crippen LogP contribution in [0.2, 0.25) is 0 Å². The van der Waals surface area contributed by atoms with Crippen LogP contribution in [0.5, 0.6) is 23.0 Å². The highest BCUT2D eigenvalue weighted by Crippen LogP contribution is 2.50. The normalized spacial score (nSPS) is 15.4. The number of fused-ring (bicyclic) bond motifs is 1. The average Bonchev–Trinajstić information content (AvgIpc) is 3.02. The van der Waals surface area contributed by atoms with Crippen molar-refractivity contribution in [1.29, 1.82) is 0 Å². The first-order valence-electron chi connectivity index (χ1n) is 9.96. The molecule has 2 heterocycles. The molecule has 0 fully saturated rings. The summed E-state index contributed by atoms with van der Waals surface area (Å²) in [6, 6.07) is 11.3. The van der Waals surface area contributed by atoms with Gasteiger partial charge in [-0.1, -0.05) is 0 Å². The Bertz CT molecular complexity index is 1140. The van der Waals surface area contributed by atoms with Gasteiger partial charge in [0.05, 0.1) is 50.8 Å². The van der Waals surface area contributed by atoms with Gasteiger partial charge in [0.25, 0.3) is 0 Å². The van der Waals surface area contributed by atoms with Crippen LogP contribution in [0.15, 0.2) is 36.4 Å². The van der Waals surface area contributed by atoms with E-state index in [9.17, 15) is 4.79 Å². The Morgan fingerprint density at radius 3 is 2.31 bits per heavy atom. The van der Waals surface area contributed by atoms with Gasteiger partial charge in [0.1, 0.15) is 11.6 Å². The monoisotopic (exact) mass is 455 g/mol. The summed E-state index contributed by atoms with van der Waals surface area (Å²) in [7, 11) is 6.38. The van der Waals surface area contributed by atoms with Crippen LogP contribution in [0.4, 0.5) is 5.82 Å². The number of ether oxygens (including phenoxy) is 4. The van der Waals surface area contributed by atoms with Crippen LogP contribution in [-0.4, -0.2) is 49.9 Å². The van der Waals surface area contributed by atoms with E-state index in [-0.39, 0.29) is 11.2 Å². The maximum Gasteiger partial charge on any atom is 0.235 e. The summed E-state index contributed by atoms with van der Waals surface area (Å²) in [6.07, 6.45) is 0. The summed E-state index contributed by atoms with van der Waals surface area (Å²) in [5, 5.41) is 7.59. The zero-order valence-electron chi connectivity index (χ0n) is 18.6. The largest absolute Gasteiger partial charge is 0.497 e. The van der Waals surface area contributed by atoms with Crippen molar-refractivity contribution in [2.75, 3.05) is 39.5 Å². The molecule has 1 aliphatic rings. The molecule has 0 spiro atoms. The Balaban J connectivity index is 1.90. The Labute approximate surface area is 190 Å². The molecular formula is C23H25N3O5S. The summed E-state index contributed by atoms with van der Waals surface area (Å²) >= 11 is 1.52. The van der Waals surface area contributed by atoms with Gasteiger partial charge in [-0.3, -0.25) is 4.79 Å². The molecule has 0 bridgehead atoms. The molecule has 2 aromatic carbocycles. The molecule has 1 amide bonds. The molecule has 1 atom stereocenters. The first-order valence-corrected chi connectivity index (χ1v) is 11.0. The first-order chi connectivity index (χ1) is 15.5. The van der Waals surface area contributed by atoms with Crippen molar-refractivity contribution in [2.24, 2.45) is 0 Å². The maximum atomic E-state index is 12.6. The van der Waals surface area contributed by atoms with Crippen molar-refractivity contribution in [2.45, 2.75) is 12.2 Å². The summed E-state index contributed by atoms with van der Waals surface area (Å²) in [4.78, 5) is 12.6. The predicted octanol–water partition coefficient (Wildman–Crippen LogP) is 3.99. The van der Waals surface area contributed by atoms with Crippen molar-refractivity contribution >= 4 is 23.5 Å². The van der Waals surface area contributed by atoms with Crippen LogP contribution in [0.1, 0.15) is 22.1 Å². The van der Waals surface area contributed by atoms with Crippen molar-refractivity contribution in [3.05, 3.63) is 53.2 Å². The number of benzene rings is 2. The van der Waals surface area contributed by atoms with Crippen molar-refractivity contribution in [1.82, 2.24) is 9.78 Å². The van der Waals surface area contributed by atoms with Gasteiger partial charge in [-0.15, -0.1) is 11.8 Å². The zero-order valence-corrected chi connectivity index (χ0v) is 19.4. The van der Waals surface area contributed by atoms with E-state index < -0.39 is 0 Å². The average molecular weight is 456 g/mol. The van der Waals surface area contributed by atoms with Crippen LogP contribution in [-0.2, 0) is 4.79 Å². The fraction of sp³-hybridized carbons (Fsp3) is 0.304. The van der Waals surface area contributed by atoms with Crippen LogP contribution >= 0.6 is 11.8 Å². The molecule has 9 heteroatoms. The summed E-state index contributed by atoms with van der Waals surface area (Å²) < 4.78 is 23.8. The molecular weight excluding hydrogens is 430 g/mol. The van der Waals surface area contributed by atoms with Gasteiger partial charge in [0, 0.05) is 11.1 Å². The second-order valence-electron chi connectivity index (χ2n) is 7.12. The third kappa shape index (κ3) is 3.73. The van der Waals surface area contributed by atoms with Crippen molar-refractivity contribution < 1.29 is 23.7 Å². The van der Waals surface area contributed by atoms with Crippen LogP contribution in [0, 0.1) is 6.92 Å². The number of rotatable bonds is 6. The molecule has 3 aromatic rings. The summed E-state index contributed by atoms with van der Waals surface area (Å²) in [5.41, 5.74) is 3.43. The molecule has 32 heavy (non-hydrogen) atoms. The Morgan fingerprint density at radius 1 is 0.969 bits per heavy atom. The fourth-order valence-corrected chi connectivity index (χ4v) is 5.07. The number of aromatic nitrogens is 2. The number of thioether (sulfide) groups is 1. The lowest BCUT2D eigenvalue weighted by molar-refractivity contribution is -0.113. The van der Waals surface area contributed by atoms with Gasteiger partial charge in [-0.2, -0.15) is 5.10 Å². The van der Waals surface area contributed by atoms with E-state index in [1.54, 1.807) is 33.1 Å². The number of hydrogen-bond donors (Lipinski definition) is 1. The second-order valence-corrected chi connectivity index (χ2v) is 8.21. The molecule has 0 saturated heterocycles. The second kappa shape index (κ2) is 9.04. The number of nitrogens with zero attached hydrogens (tertiary/aromatic N) is 2. The molecule has 0 radical (unpaired) electrons. The summed E-state index contributed by atoms with van der Waals surface area (Å²) in [6.45, 7) is 1.94. The lowest BCUT2D eigenvalue weighted by Crippen LogP contribution is -2.15. The number of carbonyl (C=O) groups excluding carboxylic acids is 1. The topological polar surface area (TPSA) is 83.8 Å². The third-order valence-electron chi connectivity index (χ3n) is 5.34. The van der Waals surface area contributed by atoms with E-state index in [0.717, 1.165) is 28.3 Å². The Hall–Kier alpha value is -3.33. The van der Waals surface area contributed by atoms with Gasteiger partial charge in [0.2, 0.25) is 11.7 Å². The molecule has 0 unspecified atom stereocenters. The van der Waals surface area contributed by atoms with Gasteiger partial charge in [0.15, 0.2) is 11.5 Å². The number of amides is 1. The Morgan fingerprint density at radius 2 is 1.69 bits per heavy atom. The SMILES string of the molecule is COc1ccc(-n2nc(C)c3c2NC(=O)CS[C@H]3c2ccc(OC)c(OC)c2OC)cc1. The van der Waals surface area contributed by atoms with Crippen LogP contribution in [0.25, 0.3) is 5.69 Å². The van der Waals surface area contributed by atoms with E-state index in [1.165, 1.54) is 11.8 Å². The molecule has 0 aliphatic carbocycles. The highest BCUT2D eigenvalue weighted by molar-refractivity contribution is 8.00. The quantitative estimate of drug-likeness (QED) is 0.602.